The minimum absolute atomic E-state index is 0.262. The van der Waals surface area contributed by atoms with Gasteiger partial charge in [-0.25, -0.2) is 18.3 Å². The minimum atomic E-state index is -2.60. The average molecular weight is 409 g/mol. The number of hydrogen-bond acceptors (Lipinski definition) is 3. The van der Waals surface area contributed by atoms with Crippen LogP contribution in [0.4, 0.5) is 8.78 Å². The molecule has 5 rings (SSSR count). The maximum absolute atomic E-state index is 12.4. The topological polar surface area (TPSA) is 75.1 Å². The van der Waals surface area contributed by atoms with E-state index in [2.05, 4.69) is 27.5 Å². The number of nitrogens with zero attached hydrogens (tertiary/aromatic N) is 3. The SMILES string of the molecule is O=C(NCC(F)F)c1cnn2ccc(-c3c[nH]c4nc(CC5CCC5)ccc34)cc12. The fourth-order valence-electron chi connectivity index (χ4n) is 3.98. The number of aromatic amines is 1. The average Bonchev–Trinajstić information content (AvgIpc) is 3.32. The first-order chi connectivity index (χ1) is 14.6. The Hall–Kier alpha value is -3.29. The maximum Gasteiger partial charge on any atom is 0.255 e. The summed E-state index contributed by atoms with van der Waals surface area (Å²) in [5.74, 6) is 0.187. The molecule has 0 aliphatic heterocycles. The molecule has 0 aromatic carbocycles. The van der Waals surface area contributed by atoms with Crippen LogP contribution in [0.5, 0.6) is 0 Å². The van der Waals surface area contributed by atoms with Gasteiger partial charge in [-0.2, -0.15) is 5.10 Å². The van der Waals surface area contributed by atoms with Gasteiger partial charge >= 0.3 is 0 Å². The van der Waals surface area contributed by atoms with Gasteiger partial charge in [0.1, 0.15) is 5.65 Å². The predicted molar refractivity (Wildman–Crippen MR) is 110 cm³/mol. The fraction of sp³-hybridized carbons (Fsp3) is 0.318. The maximum atomic E-state index is 12.4. The Kier molecular flexibility index (Phi) is 4.69. The van der Waals surface area contributed by atoms with E-state index < -0.39 is 18.9 Å². The van der Waals surface area contributed by atoms with Crippen molar-refractivity contribution in [3.63, 3.8) is 0 Å². The van der Waals surface area contributed by atoms with Crippen LogP contribution in [0.1, 0.15) is 35.3 Å². The molecule has 0 unspecified atom stereocenters. The smallest absolute Gasteiger partial charge is 0.255 e. The number of H-pyrrole nitrogens is 1. The van der Waals surface area contributed by atoms with Crippen LogP contribution in [0.2, 0.25) is 0 Å². The number of carbonyl (C=O) groups is 1. The molecular weight excluding hydrogens is 388 g/mol. The standard InChI is InChI=1S/C22H21F2N5O/c23-20(24)12-26-22(30)18-11-27-29-7-6-14(9-19(18)29)17-10-25-21-16(17)5-4-15(28-21)8-13-2-1-3-13/h4-7,9-11,13,20H,1-3,8,12H2,(H,25,28)(H,26,30). The van der Waals surface area contributed by atoms with Crippen LogP contribution in [-0.4, -0.2) is 38.5 Å². The Morgan fingerprint density at radius 2 is 2.17 bits per heavy atom. The van der Waals surface area contributed by atoms with Gasteiger partial charge in [-0.3, -0.25) is 4.79 Å². The lowest BCUT2D eigenvalue weighted by molar-refractivity contribution is 0.0893. The third-order valence-corrected chi connectivity index (χ3v) is 5.81. The molecule has 4 heterocycles. The van der Waals surface area contributed by atoms with Gasteiger partial charge < -0.3 is 10.3 Å². The molecule has 0 atom stereocenters. The summed E-state index contributed by atoms with van der Waals surface area (Å²) in [6, 6.07) is 7.92. The Morgan fingerprint density at radius 3 is 2.93 bits per heavy atom. The molecule has 1 saturated carbocycles. The number of alkyl halides is 2. The number of nitrogens with one attached hydrogen (secondary N) is 2. The van der Waals surface area contributed by atoms with Crippen molar-refractivity contribution >= 4 is 22.5 Å². The van der Waals surface area contributed by atoms with Crippen LogP contribution in [0, 0.1) is 5.92 Å². The Labute approximate surface area is 171 Å². The van der Waals surface area contributed by atoms with E-state index in [1.807, 2.05) is 18.3 Å². The van der Waals surface area contributed by atoms with E-state index in [-0.39, 0.29) is 5.56 Å². The van der Waals surface area contributed by atoms with Gasteiger partial charge in [-0.05, 0) is 42.2 Å². The minimum Gasteiger partial charge on any atom is -0.346 e. The highest BCUT2D eigenvalue weighted by Crippen LogP contribution is 2.32. The van der Waals surface area contributed by atoms with Crippen molar-refractivity contribution in [2.24, 2.45) is 5.92 Å². The number of pyridine rings is 2. The van der Waals surface area contributed by atoms with Crippen molar-refractivity contribution in [3.05, 3.63) is 54.1 Å². The van der Waals surface area contributed by atoms with Gasteiger partial charge in [0.25, 0.3) is 12.3 Å². The zero-order valence-electron chi connectivity index (χ0n) is 16.2. The number of aromatic nitrogens is 4. The van der Waals surface area contributed by atoms with E-state index in [1.165, 1.54) is 25.5 Å². The van der Waals surface area contributed by atoms with Crippen LogP contribution in [0.3, 0.4) is 0 Å². The van der Waals surface area contributed by atoms with Crippen LogP contribution in [-0.2, 0) is 6.42 Å². The summed E-state index contributed by atoms with van der Waals surface area (Å²) in [6.07, 6.45) is 7.36. The van der Waals surface area contributed by atoms with Gasteiger partial charge in [0.05, 0.1) is 23.8 Å². The summed E-state index contributed by atoms with van der Waals surface area (Å²) in [5.41, 5.74) is 4.62. The van der Waals surface area contributed by atoms with Crippen molar-refractivity contribution in [1.29, 1.82) is 0 Å². The van der Waals surface area contributed by atoms with Crippen LogP contribution < -0.4 is 5.32 Å². The Balaban J connectivity index is 1.47. The number of carbonyl (C=O) groups excluding carboxylic acids is 1. The summed E-state index contributed by atoms with van der Waals surface area (Å²) in [7, 11) is 0. The van der Waals surface area contributed by atoms with Crippen molar-refractivity contribution in [3.8, 4) is 11.1 Å². The number of amides is 1. The molecule has 1 amide bonds. The first-order valence-corrected chi connectivity index (χ1v) is 10.1. The molecule has 4 aromatic rings. The van der Waals surface area contributed by atoms with Gasteiger partial charge in [0, 0.05) is 29.0 Å². The lowest BCUT2D eigenvalue weighted by atomic mass is 9.82. The fourth-order valence-corrected chi connectivity index (χ4v) is 3.98. The molecular formula is C22H21F2N5O. The van der Waals surface area contributed by atoms with Crippen molar-refractivity contribution in [1.82, 2.24) is 24.9 Å². The van der Waals surface area contributed by atoms with E-state index in [4.69, 9.17) is 4.98 Å². The second-order valence-electron chi connectivity index (χ2n) is 7.81. The second kappa shape index (κ2) is 7.51. The predicted octanol–water partition coefficient (Wildman–Crippen LogP) is 4.22. The lowest BCUT2D eigenvalue weighted by Gasteiger charge is -2.24. The number of rotatable bonds is 6. The van der Waals surface area contributed by atoms with Crippen molar-refractivity contribution < 1.29 is 13.6 Å². The third-order valence-electron chi connectivity index (χ3n) is 5.81. The molecule has 4 aromatic heterocycles. The monoisotopic (exact) mass is 409 g/mol. The lowest BCUT2D eigenvalue weighted by Crippen LogP contribution is -2.28. The largest absolute Gasteiger partial charge is 0.346 e. The first-order valence-electron chi connectivity index (χ1n) is 10.1. The van der Waals surface area contributed by atoms with E-state index in [9.17, 15) is 13.6 Å². The molecule has 0 saturated heterocycles. The van der Waals surface area contributed by atoms with Gasteiger partial charge in [-0.1, -0.05) is 19.3 Å². The van der Waals surface area contributed by atoms with Gasteiger partial charge in [0.2, 0.25) is 0 Å². The molecule has 30 heavy (non-hydrogen) atoms. The molecule has 0 spiro atoms. The quantitative estimate of drug-likeness (QED) is 0.501. The molecule has 154 valence electrons. The van der Waals surface area contributed by atoms with Crippen LogP contribution in [0.25, 0.3) is 27.7 Å². The normalized spacial score (nSPS) is 14.5. The highest BCUT2D eigenvalue weighted by molar-refractivity contribution is 6.02. The summed E-state index contributed by atoms with van der Waals surface area (Å²) >= 11 is 0. The number of fused-ring (bicyclic) bond motifs is 2. The Morgan fingerprint density at radius 1 is 1.30 bits per heavy atom. The molecule has 1 aliphatic rings. The van der Waals surface area contributed by atoms with Gasteiger partial charge in [-0.15, -0.1) is 0 Å². The highest BCUT2D eigenvalue weighted by Gasteiger charge is 2.19. The molecule has 0 bridgehead atoms. The number of halogens is 2. The Bertz CT molecular complexity index is 1220. The van der Waals surface area contributed by atoms with E-state index in [0.29, 0.717) is 5.52 Å². The van der Waals surface area contributed by atoms with E-state index >= 15 is 0 Å². The van der Waals surface area contributed by atoms with Gasteiger partial charge in [0.15, 0.2) is 0 Å². The highest BCUT2D eigenvalue weighted by atomic mass is 19.3. The third kappa shape index (κ3) is 3.42. The molecule has 8 heteroatoms. The second-order valence-corrected chi connectivity index (χ2v) is 7.81. The first kappa shape index (κ1) is 18.7. The zero-order valence-corrected chi connectivity index (χ0v) is 16.2. The van der Waals surface area contributed by atoms with Crippen LogP contribution in [0.15, 0.2) is 42.9 Å². The van der Waals surface area contributed by atoms with Crippen molar-refractivity contribution in [2.45, 2.75) is 32.1 Å². The molecule has 1 aliphatic carbocycles. The van der Waals surface area contributed by atoms with E-state index in [1.54, 1.807) is 10.7 Å². The number of hydrogen-bond donors (Lipinski definition) is 2. The molecule has 0 radical (unpaired) electrons. The van der Waals surface area contributed by atoms with Crippen molar-refractivity contribution in [2.75, 3.05) is 6.54 Å². The zero-order chi connectivity index (χ0) is 20.7. The molecule has 2 N–H and O–H groups in total. The summed E-state index contributed by atoms with van der Waals surface area (Å²) < 4.78 is 26.4. The summed E-state index contributed by atoms with van der Waals surface area (Å²) in [6.45, 7) is -0.687. The molecule has 6 nitrogen and oxygen atoms in total. The summed E-state index contributed by atoms with van der Waals surface area (Å²) in [4.78, 5) is 20.3. The van der Waals surface area contributed by atoms with E-state index in [0.717, 1.165) is 40.2 Å². The molecule has 1 fully saturated rings. The van der Waals surface area contributed by atoms with Crippen LogP contribution >= 0.6 is 0 Å². The summed E-state index contributed by atoms with van der Waals surface area (Å²) in [5, 5.41) is 7.39.